The summed E-state index contributed by atoms with van der Waals surface area (Å²) in [7, 11) is 0. The normalized spacial score (nSPS) is 11.9. The van der Waals surface area contributed by atoms with Crippen molar-refractivity contribution in [3.05, 3.63) is 49.1 Å². The van der Waals surface area contributed by atoms with E-state index >= 15 is 0 Å². The Kier molecular flexibility index (Phi) is 6.40. The molecule has 0 aliphatic heterocycles. The number of allylic oxidation sites excluding steroid dienone is 6. The summed E-state index contributed by atoms with van der Waals surface area (Å²) in [6, 6.07) is 0. The predicted octanol–water partition coefficient (Wildman–Crippen LogP) is 3.64. The van der Waals surface area contributed by atoms with Gasteiger partial charge >= 0.3 is 0 Å². The van der Waals surface area contributed by atoms with E-state index in [-0.39, 0.29) is 0 Å². The summed E-state index contributed by atoms with van der Waals surface area (Å²) in [5.41, 5.74) is 1.25. The number of hydrogen-bond donors (Lipinski definition) is 0. The highest BCUT2D eigenvalue weighted by Crippen LogP contribution is 1.99. The molecule has 60 valence electrons. The first-order chi connectivity index (χ1) is 5.31. The van der Waals surface area contributed by atoms with E-state index < -0.39 is 0 Å². The van der Waals surface area contributed by atoms with Gasteiger partial charge in [-0.1, -0.05) is 49.1 Å². The molecule has 0 bridgehead atoms. The molecule has 0 fully saturated rings. The molecule has 0 aromatic carbocycles. The van der Waals surface area contributed by atoms with Crippen molar-refractivity contribution in [2.75, 3.05) is 0 Å². The number of hydrogen-bond acceptors (Lipinski definition) is 0. The van der Waals surface area contributed by atoms with Crippen LogP contribution in [0.5, 0.6) is 0 Å². The second-order valence-electron chi connectivity index (χ2n) is 2.39. The molecule has 0 aromatic heterocycles. The summed E-state index contributed by atoms with van der Waals surface area (Å²) in [6.45, 7) is 9.32. The van der Waals surface area contributed by atoms with Gasteiger partial charge in [0.25, 0.3) is 0 Å². The van der Waals surface area contributed by atoms with E-state index in [0.29, 0.717) is 0 Å². The summed E-state index contributed by atoms with van der Waals surface area (Å²) in [6.07, 6.45) is 12.1. The number of rotatable bonds is 5. The molecule has 0 saturated carbocycles. The summed E-state index contributed by atoms with van der Waals surface area (Å²) in [5, 5.41) is 0. The third kappa shape index (κ3) is 6.85. The van der Waals surface area contributed by atoms with Crippen molar-refractivity contribution in [3.8, 4) is 0 Å². The van der Waals surface area contributed by atoms with Crippen molar-refractivity contribution in [1.82, 2.24) is 0 Å². The van der Waals surface area contributed by atoms with Crippen molar-refractivity contribution >= 4 is 0 Å². The molecular weight excluding hydrogens is 132 g/mol. The first-order valence-electron chi connectivity index (χ1n) is 3.88. The second-order valence-corrected chi connectivity index (χ2v) is 2.39. The fourth-order valence-electron chi connectivity index (χ4n) is 0.683. The van der Waals surface area contributed by atoms with Crippen molar-refractivity contribution in [2.24, 2.45) is 0 Å². The van der Waals surface area contributed by atoms with Gasteiger partial charge in [0.1, 0.15) is 0 Å². The maximum atomic E-state index is 3.67. The average molecular weight is 148 g/mol. The van der Waals surface area contributed by atoms with E-state index in [9.17, 15) is 0 Å². The lowest BCUT2D eigenvalue weighted by molar-refractivity contribution is 1.04. The van der Waals surface area contributed by atoms with Crippen LogP contribution in [0.3, 0.4) is 0 Å². The molecule has 11 heavy (non-hydrogen) atoms. The van der Waals surface area contributed by atoms with Gasteiger partial charge in [-0.25, -0.2) is 0 Å². The predicted molar refractivity (Wildman–Crippen MR) is 52.5 cm³/mol. The monoisotopic (exact) mass is 148 g/mol. The Labute approximate surface area is 69.6 Å². The van der Waals surface area contributed by atoms with Crippen LogP contribution in [0.15, 0.2) is 49.1 Å². The lowest BCUT2D eigenvalue weighted by atomic mass is 10.2. The Morgan fingerprint density at radius 2 is 2.00 bits per heavy atom. The van der Waals surface area contributed by atoms with E-state index in [4.69, 9.17) is 0 Å². The van der Waals surface area contributed by atoms with Gasteiger partial charge in [-0.2, -0.15) is 0 Å². The molecule has 0 heterocycles. The summed E-state index contributed by atoms with van der Waals surface area (Å²) < 4.78 is 0. The van der Waals surface area contributed by atoms with Crippen LogP contribution in [0.1, 0.15) is 19.8 Å². The molecule has 0 nitrogen and oxygen atoms in total. The van der Waals surface area contributed by atoms with Gasteiger partial charge in [0, 0.05) is 0 Å². The Morgan fingerprint density at radius 3 is 2.55 bits per heavy atom. The lowest BCUT2D eigenvalue weighted by Gasteiger charge is -1.89. The largest absolute Gasteiger partial charge is 0.0991 e. The zero-order valence-corrected chi connectivity index (χ0v) is 7.22. The van der Waals surface area contributed by atoms with E-state index in [1.165, 1.54) is 5.57 Å². The molecule has 0 rings (SSSR count). The minimum absolute atomic E-state index is 1.08. The summed E-state index contributed by atoms with van der Waals surface area (Å²) in [5.74, 6) is 0. The second kappa shape index (κ2) is 7.07. The van der Waals surface area contributed by atoms with Crippen molar-refractivity contribution in [1.29, 1.82) is 0 Å². The fourth-order valence-corrected chi connectivity index (χ4v) is 0.683. The smallest absolute Gasteiger partial charge is 0.0310 e. The van der Waals surface area contributed by atoms with Gasteiger partial charge in [-0.3, -0.25) is 0 Å². The van der Waals surface area contributed by atoms with E-state index in [1.807, 2.05) is 12.2 Å². The van der Waals surface area contributed by atoms with Crippen LogP contribution in [-0.4, -0.2) is 0 Å². The maximum Gasteiger partial charge on any atom is -0.0310 e. The maximum absolute atomic E-state index is 3.67. The molecule has 0 heteroatoms. The Hall–Kier alpha value is -1.04. The van der Waals surface area contributed by atoms with Gasteiger partial charge in [0.2, 0.25) is 0 Å². The molecule has 0 aromatic rings. The molecule has 0 amide bonds. The van der Waals surface area contributed by atoms with Gasteiger partial charge in [-0.15, -0.1) is 0 Å². The average Bonchev–Trinajstić information content (AvgIpc) is 2.04. The Morgan fingerprint density at radius 1 is 1.27 bits per heavy atom. The van der Waals surface area contributed by atoms with Crippen molar-refractivity contribution in [2.45, 2.75) is 19.8 Å². The molecule has 0 atom stereocenters. The Bertz CT molecular complexity index is 170. The molecular formula is C11H16. The molecule has 0 radical (unpaired) electrons. The zero-order valence-electron chi connectivity index (χ0n) is 7.22. The zero-order chi connectivity index (χ0) is 8.53. The minimum atomic E-state index is 1.08. The molecule has 0 N–H and O–H groups in total. The third-order valence-electron chi connectivity index (χ3n) is 1.39. The minimum Gasteiger partial charge on any atom is -0.0991 e. The molecule has 0 aliphatic carbocycles. The van der Waals surface area contributed by atoms with Crippen molar-refractivity contribution in [3.63, 3.8) is 0 Å². The molecule has 0 spiro atoms. The molecule has 0 aliphatic rings. The van der Waals surface area contributed by atoms with Crippen LogP contribution in [0, 0.1) is 0 Å². The number of unbranched alkanes of at least 4 members (excludes halogenated alkanes) is 1. The van der Waals surface area contributed by atoms with Crippen LogP contribution in [0.4, 0.5) is 0 Å². The third-order valence-corrected chi connectivity index (χ3v) is 1.39. The van der Waals surface area contributed by atoms with E-state index in [2.05, 4.69) is 32.2 Å². The van der Waals surface area contributed by atoms with Crippen LogP contribution < -0.4 is 0 Å². The first-order valence-corrected chi connectivity index (χ1v) is 3.88. The van der Waals surface area contributed by atoms with E-state index in [0.717, 1.165) is 12.8 Å². The van der Waals surface area contributed by atoms with Crippen molar-refractivity contribution < 1.29 is 0 Å². The Balaban J connectivity index is 3.48. The van der Waals surface area contributed by atoms with Crippen LogP contribution in [0.2, 0.25) is 0 Å². The topological polar surface area (TPSA) is 0 Å². The van der Waals surface area contributed by atoms with Gasteiger partial charge in [-0.05, 0) is 19.8 Å². The summed E-state index contributed by atoms with van der Waals surface area (Å²) >= 11 is 0. The molecule has 0 unspecified atom stereocenters. The fraction of sp³-hybridized carbons (Fsp3) is 0.273. The van der Waals surface area contributed by atoms with Crippen LogP contribution >= 0.6 is 0 Å². The SMILES string of the molecule is C=CC=CCCC=C(C)C=C. The quantitative estimate of drug-likeness (QED) is 0.412. The summed E-state index contributed by atoms with van der Waals surface area (Å²) in [4.78, 5) is 0. The highest BCUT2D eigenvalue weighted by Gasteiger charge is 1.78. The van der Waals surface area contributed by atoms with E-state index in [1.54, 1.807) is 6.08 Å². The highest BCUT2D eigenvalue weighted by atomic mass is 13.8. The standard InChI is InChI=1S/C11H16/c1-4-6-7-8-9-10-11(3)5-2/h4-7,10H,1-2,8-9H2,3H3. The lowest BCUT2D eigenvalue weighted by Crippen LogP contribution is -1.68. The van der Waals surface area contributed by atoms with Gasteiger partial charge in [0.15, 0.2) is 0 Å². The van der Waals surface area contributed by atoms with Crippen LogP contribution in [0.25, 0.3) is 0 Å². The molecule has 0 saturated heterocycles. The highest BCUT2D eigenvalue weighted by molar-refractivity contribution is 5.12. The van der Waals surface area contributed by atoms with Gasteiger partial charge < -0.3 is 0 Å². The van der Waals surface area contributed by atoms with Gasteiger partial charge in [0.05, 0.1) is 0 Å². The van der Waals surface area contributed by atoms with Crippen LogP contribution in [-0.2, 0) is 0 Å². The first kappa shape index (κ1) is 9.96.